The van der Waals surface area contributed by atoms with Crippen LogP contribution in [-0.2, 0) is 23.1 Å². The molecule has 0 aliphatic heterocycles. The molecule has 3 N–H and O–H groups in total. The van der Waals surface area contributed by atoms with E-state index in [1.165, 1.54) is 6.07 Å². The summed E-state index contributed by atoms with van der Waals surface area (Å²) >= 11 is 1.05. The Morgan fingerprint density at radius 2 is 2.15 bits per heavy atom. The number of amides is 1. The number of rotatable bonds is 5. The molecular weight excluding hydrogens is 298 g/mol. The van der Waals surface area contributed by atoms with Crippen LogP contribution in [0, 0.1) is 0 Å². The predicted octanol–water partition coefficient (Wildman–Crippen LogP) is 1.15. The topological polar surface area (TPSA) is 94.2 Å². The molecule has 2 heterocycles. The third-order valence-corrected chi connectivity index (χ3v) is 5.27. The first kappa shape index (κ1) is 14.8. The molecule has 108 valence electrons. The van der Waals surface area contributed by atoms with Gasteiger partial charge >= 0.3 is 0 Å². The molecule has 0 atom stereocenters. The van der Waals surface area contributed by atoms with Crippen molar-refractivity contribution in [2.24, 2.45) is 5.14 Å². The van der Waals surface area contributed by atoms with Gasteiger partial charge in [-0.25, -0.2) is 13.6 Å². The predicted molar refractivity (Wildman–Crippen MR) is 77.0 cm³/mol. The number of nitrogens with two attached hydrogens (primary N) is 1. The minimum Gasteiger partial charge on any atom is -0.346 e. The molecule has 0 bridgehead atoms. The van der Waals surface area contributed by atoms with Crippen LogP contribution in [0.1, 0.15) is 22.3 Å². The number of aromatic nitrogens is 1. The van der Waals surface area contributed by atoms with Gasteiger partial charge in [-0.15, -0.1) is 11.3 Å². The van der Waals surface area contributed by atoms with Crippen LogP contribution < -0.4 is 10.5 Å². The van der Waals surface area contributed by atoms with Gasteiger partial charge in [-0.1, -0.05) is 0 Å². The van der Waals surface area contributed by atoms with Gasteiger partial charge < -0.3 is 9.88 Å². The van der Waals surface area contributed by atoms with E-state index < -0.39 is 10.0 Å². The zero-order valence-corrected chi connectivity index (χ0v) is 12.5. The van der Waals surface area contributed by atoms with Crippen molar-refractivity contribution < 1.29 is 13.2 Å². The Labute approximate surface area is 121 Å². The van der Waals surface area contributed by atoms with E-state index >= 15 is 0 Å². The maximum Gasteiger partial charge on any atom is 0.268 e. The number of aryl methyl sites for hydroxylation is 1. The van der Waals surface area contributed by atoms with E-state index in [9.17, 15) is 13.2 Å². The summed E-state index contributed by atoms with van der Waals surface area (Å²) in [6.45, 7) is 2.94. The summed E-state index contributed by atoms with van der Waals surface area (Å²) < 4.78 is 24.2. The van der Waals surface area contributed by atoms with Crippen LogP contribution in [-0.4, -0.2) is 18.9 Å². The molecule has 0 radical (unpaired) electrons. The molecule has 2 aromatic heterocycles. The van der Waals surface area contributed by atoms with E-state index in [4.69, 9.17) is 5.14 Å². The van der Waals surface area contributed by atoms with Crippen molar-refractivity contribution in [1.82, 2.24) is 9.88 Å². The summed E-state index contributed by atoms with van der Waals surface area (Å²) in [6, 6.07) is 6.63. The first-order valence-corrected chi connectivity index (χ1v) is 8.33. The maximum absolute atomic E-state index is 12.0. The van der Waals surface area contributed by atoms with Gasteiger partial charge in [0.15, 0.2) is 0 Å². The molecule has 20 heavy (non-hydrogen) atoms. The second kappa shape index (κ2) is 5.78. The molecule has 0 saturated carbocycles. The molecule has 0 saturated heterocycles. The molecule has 0 unspecified atom stereocenters. The van der Waals surface area contributed by atoms with E-state index in [0.29, 0.717) is 12.2 Å². The van der Waals surface area contributed by atoms with Crippen LogP contribution in [0.15, 0.2) is 34.7 Å². The fourth-order valence-corrected chi connectivity index (χ4v) is 3.48. The van der Waals surface area contributed by atoms with Crippen molar-refractivity contribution in [3.05, 3.63) is 41.0 Å². The highest BCUT2D eigenvalue weighted by Gasteiger charge is 2.13. The van der Waals surface area contributed by atoms with Crippen LogP contribution in [0.3, 0.4) is 0 Å². The van der Waals surface area contributed by atoms with E-state index in [1.54, 1.807) is 12.1 Å². The van der Waals surface area contributed by atoms with Gasteiger partial charge in [0.05, 0.1) is 6.54 Å². The van der Waals surface area contributed by atoms with Crippen molar-refractivity contribution in [2.45, 2.75) is 24.2 Å². The number of primary sulfonamides is 1. The van der Waals surface area contributed by atoms with Gasteiger partial charge in [0.25, 0.3) is 5.91 Å². The van der Waals surface area contributed by atoms with Gasteiger partial charge in [0.2, 0.25) is 10.0 Å². The Balaban J connectivity index is 2.02. The molecule has 6 nitrogen and oxygen atoms in total. The van der Waals surface area contributed by atoms with Gasteiger partial charge in [-0.3, -0.25) is 4.79 Å². The van der Waals surface area contributed by atoms with Gasteiger partial charge in [-0.05, 0) is 31.2 Å². The molecule has 0 spiro atoms. The van der Waals surface area contributed by atoms with Crippen LogP contribution in [0.4, 0.5) is 0 Å². The summed E-state index contributed by atoms with van der Waals surface area (Å²) in [5.41, 5.74) is 0.579. The minimum atomic E-state index is -3.67. The van der Waals surface area contributed by atoms with Crippen molar-refractivity contribution in [1.29, 1.82) is 0 Å². The zero-order valence-electron chi connectivity index (χ0n) is 10.9. The Hall–Kier alpha value is -1.64. The Bertz CT molecular complexity index is 716. The Morgan fingerprint density at radius 1 is 1.40 bits per heavy atom. The first-order chi connectivity index (χ1) is 9.41. The standard InChI is InChI=1S/C12H15N3O3S2/c1-2-15-7-3-4-10(15)12(16)14-8-9-5-6-11(19-9)20(13,17)18/h3-7H,2,8H2,1H3,(H,14,16)(H2,13,17,18). The molecule has 1 amide bonds. The Morgan fingerprint density at radius 3 is 2.75 bits per heavy atom. The molecule has 0 aromatic carbocycles. The largest absolute Gasteiger partial charge is 0.346 e. The minimum absolute atomic E-state index is 0.0960. The summed E-state index contributed by atoms with van der Waals surface area (Å²) in [4.78, 5) is 12.7. The smallest absolute Gasteiger partial charge is 0.268 e. The third-order valence-electron chi connectivity index (χ3n) is 2.74. The summed E-state index contributed by atoms with van der Waals surface area (Å²) in [5.74, 6) is -0.192. The fourth-order valence-electron chi connectivity index (χ4n) is 1.76. The van der Waals surface area contributed by atoms with E-state index in [0.717, 1.165) is 16.2 Å². The molecule has 0 aliphatic carbocycles. The van der Waals surface area contributed by atoms with Gasteiger partial charge in [0.1, 0.15) is 9.90 Å². The SMILES string of the molecule is CCn1cccc1C(=O)NCc1ccc(S(N)(=O)=O)s1. The van der Waals surface area contributed by atoms with Crippen LogP contribution in [0.25, 0.3) is 0 Å². The van der Waals surface area contributed by atoms with Crippen molar-refractivity contribution in [2.75, 3.05) is 0 Å². The van der Waals surface area contributed by atoms with E-state index in [-0.39, 0.29) is 16.7 Å². The average Bonchev–Trinajstić information content (AvgIpc) is 3.03. The Kier molecular flexibility index (Phi) is 4.26. The van der Waals surface area contributed by atoms with Crippen LogP contribution >= 0.6 is 11.3 Å². The lowest BCUT2D eigenvalue weighted by Gasteiger charge is -2.06. The average molecular weight is 313 g/mol. The van der Waals surface area contributed by atoms with Crippen LogP contribution in [0.2, 0.25) is 0 Å². The van der Waals surface area contributed by atoms with Crippen LogP contribution in [0.5, 0.6) is 0 Å². The highest BCUT2D eigenvalue weighted by molar-refractivity contribution is 7.91. The highest BCUT2D eigenvalue weighted by Crippen LogP contribution is 2.20. The monoisotopic (exact) mass is 313 g/mol. The van der Waals surface area contributed by atoms with Crippen molar-refractivity contribution in [3.8, 4) is 0 Å². The number of nitrogens with one attached hydrogen (secondary N) is 1. The van der Waals surface area contributed by atoms with E-state index in [2.05, 4.69) is 5.32 Å². The second-order valence-electron chi connectivity index (χ2n) is 4.13. The lowest BCUT2D eigenvalue weighted by molar-refractivity contribution is 0.0942. The number of nitrogens with zero attached hydrogens (tertiary/aromatic N) is 1. The quantitative estimate of drug-likeness (QED) is 0.867. The van der Waals surface area contributed by atoms with Gasteiger partial charge in [0, 0.05) is 17.6 Å². The number of thiophene rings is 1. The fraction of sp³-hybridized carbons (Fsp3) is 0.250. The number of carbonyl (C=O) groups excluding carboxylic acids is 1. The lowest BCUT2D eigenvalue weighted by atomic mass is 10.4. The third kappa shape index (κ3) is 3.27. The molecule has 8 heteroatoms. The summed E-state index contributed by atoms with van der Waals surface area (Å²) in [6.07, 6.45) is 1.83. The van der Waals surface area contributed by atoms with Crippen molar-refractivity contribution >= 4 is 27.3 Å². The summed E-state index contributed by atoms with van der Waals surface area (Å²) in [5, 5.41) is 7.79. The number of sulfonamides is 1. The zero-order chi connectivity index (χ0) is 14.8. The normalized spacial score (nSPS) is 11.5. The molecule has 2 rings (SSSR count). The number of hydrogen-bond acceptors (Lipinski definition) is 4. The van der Waals surface area contributed by atoms with Crippen molar-refractivity contribution in [3.63, 3.8) is 0 Å². The molecule has 0 aliphatic rings. The molecule has 0 fully saturated rings. The second-order valence-corrected chi connectivity index (χ2v) is 7.08. The maximum atomic E-state index is 12.0. The lowest BCUT2D eigenvalue weighted by Crippen LogP contribution is -2.24. The van der Waals surface area contributed by atoms with E-state index in [1.807, 2.05) is 23.8 Å². The molecule has 2 aromatic rings. The summed E-state index contributed by atoms with van der Waals surface area (Å²) in [7, 11) is -3.67. The number of hydrogen-bond donors (Lipinski definition) is 2. The number of carbonyl (C=O) groups is 1. The highest BCUT2D eigenvalue weighted by atomic mass is 32.2. The van der Waals surface area contributed by atoms with Gasteiger partial charge in [-0.2, -0.15) is 0 Å². The molecular formula is C12H15N3O3S2. The first-order valence-electron chi connectivity index (χ1n) is 5.96.